The summed E-state index contributed by atoms with van der Waals surface area (Å²) in [6.45, 7) is 20.7. The number of phenolic OH excluding ortho intramolecular Hbond substituents is 3. The minimum Gasteiger partial charge on any atom is -0.508 e. The second-order valence-corrected chi connectivity index (χ2v) is 15.6. The maximum absolute atomic E-state index is 11.7. The van der Waals surface area contributed by atoms with Crippen LogP contribution in [0.5, 0.6) is 17.2 Å². The van der Waals surface area contributed by atoms with Gasteiger partial charge in [0.05, 0.1) is 0 Å². The van der Waals surface area contributed by atoms with Crippen LogP contribution in [0.2, 0.25) is 0 Å². The van der Waals surface area contributed by atoms with Gasteiger partial charge in [0.25, 0.3) is 0 Å². The fraction of sp³-hybridized carbons (Fsp3) is 0.538. The normalized spacial score (nSPS) is 12.7. The Balaban J connectivity index is 1.94. The van der Waals surface area contributed by atoms with Gasteiger partial charge in [-0.15, -0.1) is 0 Å². The van der Waals surface area contributed by atoms with E-state index in [0.717, 1.165) is 54.0 Å². The zero-order valence-electron chi connectivity index (χ0n) is 30.4. The summed E-state index contributed by atoms with van der Waals surface area (Å²) in [5, 5.41) is 33.4. The van der Waals surface area contributed by atoms with Crippen LogP contribution in [0, 0.1) is 6.92 Å². The third-order valence-electron chi connectivity index (χ3n) is 8.61. The van der Waals surface area contributed by atoms with E-state index in [4.69, 9.17) is 0 Å². The molecule has 7 heteroatoms. The van der Waals surface area contributed by atoms with Crippen LogP contribution < -0.4 is 0 Å². The van der Waals surface area contributed by atoms with Crippen LogP contribution in [0.25, 0.3) is 0 Å². The first-order chi connectivity index (χ1) is 21.3. The Bertz CT molecular complexity index is 1330. The monoisotopic (exact) mass is 632 g/mol. The molecule has 0 aliphatic heterocycles. The van der Waals surface area contributed by atoms with E-state index in [2.05, 4.69) is 121 Å². The predicted molar refractivity (Wildman–Crippen MR) is 192 cm³/mol. The van der Waals surface area contributed by atoms with Gasteiger partial charge < -0.3 is 25.1 Å². The lowest BCUT2D eigenvalue weighted by Gasteiger charge is -2.28. The van der Waals surface area contributed by atoms with Gasteiger partial charge in [0.2, 0.25) is 0 Å². The number of benzene rings is 3. The van der Waals surface area contributed by atoms with Gasteiger partial charge in [-0.1, -0.05) is 83.5 Å². The number of rotatable bonds is 14. The maximum atomic E-state index is 11.7. The molecule has 0 fully saturated rings. The second-order valence-electron chi connectivity index (χ2n) is 15.6. The van der Waals surface area contributed by atoms with Gasteiger partial charge >= 0.3 is 0 Å². The second kappa shape index (κ2) is 15.7. The van der Waals surface area contributed by atoms with Crippen molar-refractivity contribution >= 4 is 0 Å². The summed E-state index contributed by atoms with van der Waals surface area (Å²) in [7, 11) is 8.26. The predicted octanol–water partition coefficient (Wildman–Crippen LogP) is 6.83. The number of hydrogen-bond acceptors (Lipinski definition) is 7. The lowest BCUT2D eigenvalue weighted by molar-refractivity contribution is 0.216. The van der Waals surface area contributed by atoms with Gasteiger partial charge in [0.15, 0.2) is 0 Å². The van der Waals surface area contributed by atoms with Crippen molar-refractivity contribution in [2.24, 2.45) is 0 Å². The van der Waals surface area contributed by atoms with Crippen molar-refractivity contribution in [1.29, 1.82) is 0 Å². The quantitative estimate of drug-likeness (QED) is 0.180. The van der Waals surface area contributed by atoms with E-state index in [1.54, 1.807) is 12.1 Å². The first-order valence-electron chi connectivity index (χ1n) is 16.5. The van der Waals surface area contributed by atoms with Gasteiger partial charge in [-0.05, 0) is 69.2 Å². The highest BCUT2D eigenvalue weighted by molar-refractivity contribution is 5.44. The topological polar surface area (TPSA) is 73.7 Å². The molecule has 254 valence electrons. The number of aromatic hydroxyl groups is 3. The summed E-state index contributed by atoms with van der Waals surface area (Å²) in [5.41, 5.74) is 6.97. The van der Waals surface area contributed by atoms with E-state index >= 15 is 0 Å². The third-order valence-corrected chi connectivity index (χ3v) is 8.61. The molecule has 0 unspecified atom stereocenters. The molecule has 0 saturated heterocycles. The smallest absolute Gasteiger partial charge is 0.124 e. The molecular formula is C39H60N4O3. The lowest BCUT2D eigenvalue weighted by atomic mass is 9.86. The molecule has 0 aliphatic carbocycles. The highest BCUT2D eigenvalue weighted by Crippen LogP contribution is 2.32. The molecule has 0 heterocycles. The van der Waals surface area contributed by atoms with Gasteiger partial charge in [-0.3, -0.25) is 9.80 Å². The average molecular weight is 633 g/mol. The van der Waals surface area contributed by atoms with E-state index in [0.29, 0.717) is 43.4 Å². The zero-order valence-corrected chi connectivity index (χ0v) is 30.4. The van der Waals surface area contributed by atoms with E-state index in [1.165, 1.54) is 11.1 Å². The van der Waals surface area contributed by atoms with Crippen molar-refractivity contribution in [3.8, 4) is 17.2 Å². The molecule has 7 nitrogen and oxygen atoms in total. The molecule has 0 spiro atoms. The van der Waals surface area contributed by atoms with Crippen LogP contribution >= 0.6 is 0 Å². The first-order valence-corrected chi connectivity index (χ1v) is 16.5. The Morgan fingerprint density at radius 3 is 1.17 bits per heavy atom. The van der Waals surface area contributed by atoms with Crippen molar-refractivity contribution in [3.05, 3.63) is 87.5 Å². The Morgan fingerprint density at radius 2 is 0.848 bits per heavy atom. The first kappa shape index (κ1) is 37.4. The summed E-state index contributed by atoms with van der Waals surface area (Å²) in [6.07, 6.45) is 0. The summed E-state index contributed by atoms with van der Waals surface area (Å²) in [5.74, 6) is 0.912. The Labute approximate surface area is 279 Å². The molecular weight excluding hydrogens is 572 g/mol. The SMILES string of the molecule is Cc1cc(CN(CCN(C)C)Cc2cc(C(C)(C)C)ccc2O)c(O)c(CN(CCN(C)C)Cc2cc(C(C)(C)C)ccc2O)c1. The molecule has 0 aromatic heterocycles. The van der Waals surface area contributed by atoms with Gasteiger partial charge in [-0.2, -0.15) is 0 Å². The molecule has 0 saturated carbocycles. The number of nitrogens with zero attached hydrogens (tertiary/aromatic N) is 4. The molecule has 0 radical (unpaired) electrons. The summed E-state index contributed by atoms with van der Waals surface area (Å²) in [6, 6.07) is 16.0. The zero-order chi connectivity index (χ0) is 34.4. The van der Waals surface area contributed by atoms with E-state index < -0.39 is 0 Å². The van der Waals surface area contributed by atoms with Gasteiger partial charge in [-0.25, -0.2) is 0 Å². The largest absolute Gasteiger partial charge is 0.508 e. The van der Waals surface area contributed by atoms with Crippen molar-refractivity contribution in [3.63, 3.8) is 0 Å². The molecule has 0 atom stereocenters. The van der Waals surface area contributed by atoms with Crippen molar-refractivity contribution < 1.29 is 15.3 Å². The maximum Gasteiger partial charge on any atom is 0.124 e. The number of hydrogen-bond donors (Lipinski definition) is 3. The fourth-order valence-corrected chi connectivity index (χ4v) is 5.61. The molecule has 0 bridgehead atoms. The molecule has 0 amide bonds. The number of likely N-dealkylation sites (N-methyl/N-ethyl adjacent to an activating group) is 2. The van der Waals surface area contributed by atoms with Crippen molar-refractivity contribution in [1.82, 2.24) is 19.6 Å². The van der Waals surface area contributed by atoms with Crippen LogP contribution in [0.1, 0.15) is 80.5 Å². The summed E-state index contributed by atoms with van der Waals surface area (Å²) in [4.78, 5) is 8.93. The standard InChI is InChI=1S/C39H60N4O3/c1-28-20-31(26-42(18-16-40(8)9)24-29-22-33(38(2,3)4)12-14-35(29)44)37(46)32(21-28)27-43(19-17-41(10)11)25-30-23-34(39(5,6)7)13-15-36(30)45/h12-15,20-23,44-46H,16-19,24-27H2,1-11H3. The number of phenols is 3. The van der Waals surface area contributed by atoms with E-state index in [9.17, 15) is 15.3 Å². The minimum absolute atomic E-state index is 0.0239. The van der Waals surface area contributed by atoms with Crippen LogP contribution in [0.3, 0.4) is 0 Å². The molecule has 3 rings (SSSR count). The van der Waals surface area contributed by atoms with Crippen LogP contribution in [-0.4, -0.2) is 89.3 Å². The van der Waals surface area contributed by atoms with Gasteiger partial charge in [0.1, 0.15) is 17.2 Å². The molecule has 0 aliphatic rings. The van der Waals surface area contributed by atoms with Gasteiger partial charge in [0, 0.05) is 74.6 Å². The van der Waals surface area contributed by atoms with Crippen LogP contribution in [-0.2, 0) is 37.0 Å². The van der Waals surface area contributed by atoms with Crippen molar-refractivity contribution in [2.45, 2.75) is 85.5 Å². The molecule has 46 heavy (non-hydrogen) atoms. The lowest BCUT2D eigenvalue weighted by Crippen LogP contribution is -2.32. The Kier molecular flexibility index (Phi) is 12.7. The molecule has 3 N–H and O–H groups in total. The minimum atomic E-state index is -0.0239. The van der Waals surface area contributed by atoms with E-state index in [-0.39, 0.29) is 10.8 Å². The summed E-state index contributed by atoms with van der Waals surface area (Å²) >= 11 is 0. The average Bonchev–Trinajstić information content (AvgIpc) is 2.93. The highest BCUT2D eigenvalue weighted by atomic mass is 16.3. The Morgan fingerprint density at radius 1 is 0.500 bits per heavy atom. The Hall–Kier alpha value is -3.10. The fourth-order valence-electron chi connectivity index (χ4n) is 5.61. The number of aryl methyl sites for hydroxylation is 1. The molecule has 3 aromatic rings. The molecule has 3 aromatic carbocycles. The van der Waals surface area contributed by atoms with Crippen LogP contribution in [0.4, 0.5) is 0 Å². The van der Waals surface area contributed by atoms with Crippen LogP contribution in [0.15, 0.2) is 48.5 Å². The highest BCUT2D eigenvalue weighted by Gasteiger charge is 2.21. The third kappa shape index (κ3) is 11.0. The van der Waals surface area contributed by atoms with Crippen molar-refractivity contribution in [2.75, 3.05) is 54.4 Å². The van der Waals surface area contributed by atoms with E-state index in [1.807, 2.05) is 12.1 Å². The summed E-state index contributed by atoms with van der Waals surface area (Å²) < 4.78 is 0.